The van der Waals surface area contributed by atoms with Gasteiger partial charge in [0.05, 0.1) is 6.42 Å². The summed E-state index contributed by atoms with van der Waals surface area (Å²) < 4.78 is 0. The van der Waals surface area contributed by atoms with Gasteiger partial charge in [-0.1, -0.05) is 6.42 Å². The fourth-order valence-electron chi connectivity index (χ4n) is 4.15. The lowest BCUT2D eigenvalue weighted by Gasteiger charge is -2.18. The Morgan fingerprint density at radius 1 is 1.23 bits per heavy atom. The first-order valence-corrected chi connectivity index (χ1v) is 8.07. The average Bonchev–Trinajstić information content (AvgIpc) is 3.13. The Hall–Kier alpha value is -2.04. The number of rotatable bonds is 1. The minimum absolute atomic E-state index is 0.00738. The van der Waals surface area contributed by atoms with Crippen molar-refractivity contribution in [3.05, 3.63) is 23.8 Å². The first-order valence-electron chi connectivity index (χ1n) is 8.07. The molecule has 0 spiro atoms. The third-order valence-corrected chi connectivity index (χ3v) is 5.42. The van der Waals surface area contributed by atoms with E-state index in [1.165, 1.54) is 19.3 Å². The molecule has 3 amide bonds. The van der Waals surface area contributed by atoms with Crippen molar-refractivity contribution in [1.29, 1.82) is 0 Å². The summed E-state index contributed by atoms with van der Waals surface area (Å²) >= 11 is 0. The Bertz CT molecular complexity index is 631. The highest BCUT2D eigenvalue weighted by atomic mass is 16.2. The number of anilines is 2. The lowest BCUT2D eigenvalue weighted by Crippen LogP contribution is -2.33. The van der Waals surface area contributed by atoms with Crippen LogP contribution in [0.2, 0.25) is 0 Å². The largest absolute Gasteiger partial charge is 0.324 e. The van der Waals surface area contributed by atoms with Crippen LogP contribution in [0.3, 0.4) is 0 Å². The molecule has 1 N–H and O–H groups in total. The maximum Gasteiger partial charge on any atom is 0.321 e. The fourth-order valence-corrected chi connectivity index (χ4v) is 4.15. The zero-order valence-electron chi connectivity index (χ0n) is 12.8. The standard InChI is InChI=1S/C17H21N3O2/c1-19-15-6-5-14(7-13(15)8-16(19)21)18-17(22)20-9-11-3-2-4-12(11)10-20/h5-7,11-12H,2-4,8-10H2,1H3,(H,18,22)/t11-,12+. The molecule has 2 heterocycles. The predicted molar refractivity (Wildman–Crippen MR) is 85.0 cm³/mol. The van der Waals surface area contributed by atoms with Crippen LogP contribution in [0.15, 0.2) is 18.2 Å². The van der Waals surface area contributed by atoms with Gasteiger partial charge in [0.25, 0.3) is 0 Å². The van der Waals surface area contributed by atoms with Crippen LogP contribution < -0.4 is 10.2 Å². The van der Waals surface area contributed by atoms with E-state index in [1.807, 2.05) is 23.1 Å². The number of likely N-dealkylation sites (tertiary alicyclic amines) is 1. The zero-order chi connectivity index (χ0) is 15.3. The summed E-state index contributed by atoms with van der Waals surface area (Å²) in [5.74, 6) is 1.51. The van der Waals surface area contributed by atoms with Gasteiger partial charge in [-0.25, -0.2) is 4.79 Å². The molecule has 3 aliphatic rings. The van der Waals surface area contributed by atoms with Gasteiger partial charge >= 0.3 is 6.03 Å². The molecule has 0 bridgehead atoms. The van der Waals surface area contributed by atoms with Crippen molar-refractivity contribution in [1.82, 2.24) is 4.90 Å². The van der Waals surface area contributed by atoms with Crippen molar-refractivity contribution in [3.8, 4) is 0 Å². The Morgan fingerprint density at radius 3 is 2.68 bits per heavy atom. The van der Waals surface area contributed by atoms with E-state index in [9.17, 15) is 9.59 Å². The van der Waals surface area contributed by atoms with Crippen LogP contribution >= 0.6 is 0 Å². The molecule has 1 saturated heterocycles. The number of nitrogens with one attached hydrogen (secondary N) is 1. The van der Waals surface area contributed by atoms with Crippen molar-refractivity contribution in [3.63, 3.8) is 0 Å². The molecular formula is C17H21N3O2. The molecule has 0 aromatic heterocycles. The highest BCUT2D eigenvalue weighted by Crippen LogP contribution is 2.38. The summed E-state index contributed by atoms with van der Waals surface area (Å²) in [4.78, 5) is 27.7. The third-order valence-electron chi connectivity index (χ3n) is 5.42. The maximum absolute atomic E-state index is 12.4. The maximum atomic E-state index is 12.4. The number of likely N-dealkylation sites (N-methyl/N-ethyl adjacent to an activating group) is 1. The van der Waals surface area contributed by atoms with Crippen LogP contribution in [-0.2, 0) is 11.2 Å². The second-order valence-corrected chi connectivity index (χ2v) is 6.76. The molecular weight excluding hydrogens is 278 g/mol. The van der Waals surface area contributed by atoms with Gasteiger partial charge in [-0.2, -0.15) is 0 Å². The molecule has 1 aromatic rings. The van der Waals surface area contributed by atoms with Crippen LogP contribution in [0.4, 0.5) is 16.2 Å². The highest BCUT2D eigenvalue weighted by Gasteiger charge is 2.38. The molecule has 1 aliphatic carbocycles. The summed E-state index contributed by atoms with van der Waals surface area (Å²) in [6.07, 6.45) is 4.27. The minimum Gasteiger partial charge on any atom is -0.324 e. The Labute approximate surface area is 130 Å². The average molecular weight is 299 g/mol. The van der Waals surface area contributed by atoms with Gasteiger partial charge in [0, 0.05) is 31.5 Å². The van der Waals surface area contributed by atoms with E-state index in [0.29, 0.717) is 18.3 Å². The Kier molecular flexibility index (Phi) is 3.10. The molecule has 1 aromatic carbocycles. The highest BCUT2D eigenvalue weighted by molar-refractivity contribution is 6.01. The van der Waals surface area contributed by atoms with Crippen LogP contribution in [-0.4, -0.2) is 37.0 Å². The molecule has 0 radical (unpaired) electrons. The summed E-state index contributed by atoms with van der Waals surface area (Å²) in [7, 11) is 1.79. The van der Waals surface area contributed by atoms with E-state index in [4.69, 9.17) is 0 Å². The SMILES string of the molecule is CN1C(=O)Cc2cc(NC(=O)N3C[C@H]4CCC[C@H]4C3)ccc21. The minimum atomic E-state index is -0.00738. The number of hydrogen-bond acceptors (Lipinski definition) is 2. The zero-order valence-corrected chi connectivity index (χ0v) is 12.8. The predicted octanol–water partition coefficient (Wildman–Crippen LogP) is 2.47. The molecule has 4 rings (SSSR count). The van der Waals surface area contributed by atoms with Gasteiger partial charge in [0.2, 0.25) is 5.91 Å². The van der Waals surface area contributed by atoms with Gasteiger partial charge in [-0.15, -0.1) is 0 Å². The quantitative estimate of drug-likeness (QED) is 0.866. The molecule has 1 saturated carbocycles. The molecule has 2 atom stereocenters. The number of nitrogens with zero attached hydrogens (tertiary/aromatic N) is 2. The second-order valence-electron chi connectivity index (χ2n) is 6.76. The van der Waals surface area contributed by atoms with Gasteiger partial charge in [0.1, 0.15) is 0 Å². The Morgan fingerprint density at radius 2 is 1.95 bits per heavy atom. The van der Waals surface area contributed by atoms with Crippen LogP contribution in [0.1, 0.15) is 24.8 Å². The number of hydrogen-bond donors (Lipinski definition) is 1. The molecule has 2 aliphatic heterocycles. The van der Waals surface area contributed by atoms with Crippen molar-refractivity contribution < 1.29 is 9.59 Å². The van der Waals surface area contributed by atoms with E-state index >= 15 is 0 Å². The summed E-state index contributed by atoms with van der Waals surface area (Å²) in [5, 5.41) is 2.99. The Balaban J connectivity index is 1.45. The third kappa shape index (κ3) is 2.16. The van der Waals surface area contributed by atoms with Crippen LogP contribution in [0.25, 0.3) is 0 Å². The number of fused-ring (bicyclic) bond motifs is 2. The van der Waals surface area contributed by atoms with Crippen molar-refractivity contribution in [2.75, 3.05) is 30.4 Å². The smallest absolute Gasteiger partial charge is 0.321 e. The molecule has 116 valence electrons. The normalized spacial score (nSPS) is 26.3. The molecule has 5 nitrogen and oxygen atoms in total. The number of urea groups is 1. The second kappa shape index (κ2) is 5.00. The monoisotopic (exact) mass is 299 g/mol. The lowest BCUT2D eigenvalue weighted by molar-refractivity contribution is -0.117. The number of benzene rings is 1. The van der Waals surface area contributed by atoms with Gasteiger partial charge in [0.15, 0.2) is 0 Å². The molecule has 2 fully saturated rings. The first kappa shape index (κ1) is 13.6. The first-order chi connectivity index (χ1) is 10.6. The van der Waals surface area contributed by atoms with E-state index in [-0.39, 0.29) is 11.9 Å². The van der Waals surface area contributed by atoms with Gasteiger partial charge in [-0.3, -0.25) is 4.79 Å². The van der Waals surface area contributed by atoms with Crippen molar-refractivity contribution in [2.24, 2.45) is 11.8 Å². The lowest BCUT2D eigenvalue weighted by atomic mass is 10.0. The van der Waals surface area contributed by atoms with Crippen LogP contribution in [0.5, 0.6) is 0 Å². The van der Waals surface area contributed by atoms with Gasteiger partial charge < -0.3 is 15.1 Å². The van der Waals surface area contributed by atoms with Crippen LogP contribution in [0, 0.1) is 11.8 Å². The molecule has 22 heavy (non-hydrogen) atoms. The van der Waals surface area contributed by atoms with E-state index in [0.717, 1.165) is 30.0 Å². The summed E-state index contributed by atoms with van der Waals surface area (Å²) in [5.41, 5.74) is 2.71. The van der Waals surface area contributed by atoms with Crippen molar-refractivity contribution >= 4 is 23.3 Å². The topological polar surface area (TPSA) is 52.7 Å². The molecule has 5 heteroatoms. The van der Waals surface area contributed by atoms with E-state index in [2.05, 4.69) is 5.32 Å². The van der Waals surface area contributed by atoms with E-state index < -0.39 is 0 Å². The van der Waals surface area contributed by atoms with E-state index in [1.54, 1.807) is 11.9 Å². The summed E-state index contributed by atoms with van der Waals surface area (Å²) in [6.45, 7) is 1.78. The van der Waals surface area contributed by atoms with Gasteiger partial charge in [-0.05, 0) is 48.4 Å². The number of carbonyl (C=O) groups is 2. The summed E-state index contributed by atoms with van der Waals surface area (Å²) in [6, 6.07) is 5.70. The number of carbonyl (C=O) groups excluding carboxylic acids is 2. The number of amides is 3. The molecule has 0 unspecified atom stereocenters. The van der Waals surface area contributed by atoms with Crippen molar-refractivity contribution in [2.45, 2.75) is 25.7 Å². The fraction of sp³-hybridized carbons (Fsp3) is 0.529.